The first-order valence-electron chi connectivity index (χ1n) is 4.88. The van der Waals surface area contributed by atoms with Gasteiger partial charge < -0.3 is 4.90 Å². The van der Waals surface area contributed by atoms with Crippen molar-refractivity contribution in [1.29, 1.82) is 0 Å². The molecule has 0 bridgehead atoms. The minimum absolute atomic E-state index is 1.24. The predicted octanol–water partition coefficient (Wildman–Crippen LogP) is 1.68. The Hall–Kier alpha value is 0.270. The van der Waals surface area contributed by atoms with Gasteiger partial charge in [0.1, 0.15) is 0 Å². The lowest BCUT2D eigenvalue weighted by molar-refractivity contribution is 0.194. The van der Waals surface area contributed by atoms with Gasteiger partial charge in [-0.3, -0.25) is 0 Å². The average molecular weight is 188 g/mol. The largest absolute Gasteiger partial charge is 0.301 e. The first kappa shape index (κ1) is 10.4. The van der Waals surface area contributed by atoms with E-state index in [9.17, 15) is 0 Å². The third-order valence-corrected chi connectivity index (χ3v) is 3.30. The number of hydrogen-bond donors (Lipinski definition) is 0. The summed E-state index contributed by atoms with van der Waals surface area (Å²) < 4.78 is 2.45. The van der Waals surface area contributed by atoms with E-state index in [-0.39, 0.29) is 0 Å². The third-order valence-electron chi connectivity index (χ3n) is 2.42. The van der Waals surface area contributed by atoms with E-state index in [1.165, 1.54) is 45.6 Å². The Morgan fingerprint density at radius 2 is 1.83 bits per heavy atom. The smallest absolute Gasteiger partial charge is 0.0218 e. The Bertz CT molecular complexity index is 111. The predicted molar refractivity (Wildman–Crippen MR) is 56.4 cm³/mol. The van der Waals surface area contributed by atoms with Gasteiger partial charge in [-0.25, -0.2) is 4.31 Å². The molecule has 72 valence electrons. The topological polar surface area (TPSA) is 6.48 Å². The summed E-state index contributed by atoms with van der Waals surface area (Å²) in [5.41, 5.74) is 0. The van der Waals surface area contributed by atoms with Gasteiger partial charge in [0, 0.05) is 26.2 Å². The average Bonchev–Trinajstić information content (AvgIpc) is 2.15. The SMILES string of the molecule is CCCCN1CCN(SC)CC1. The summed E-state index contributed by atoms with van der Waals surface area (Å²) in [5, 5.41) is 0. The molecule has 1 fully saturated rings. The second-order valence-corrected chi connectivity index (χ2v) is 4.19. The second-order valence-electron chi connectivity index (χ2n) is 3.31. The summed E-state index contributed by atoms with van der Waals surface area (Å²) in [6, 6.07) is 0. The molecule has 1 heterocycles. The van der Waals surface area contributed by atoms with Gasteiger partial charge in [0.05, 0.1) is 0 Å². The molecule has 0 aliphatic carbocycles. The zero-order valence-corrected chi connectivity index (χ0v) is 9.07. The molecule has 3 heteroatoms. The van der Waals surface area contributed by atoms with Crippen LogP contribution >= 0.6 is 11.9 Å². The van der Waals surface area contributed by atoms with Crippen LogP contribution in [0.5, 0.6) is 0 Å². The van der Waals surface area contributed by atoms with Crippen molar-refractivity contribution in [1.82, 2.24) is 9.21 Å². The van der Waals surface area contributed by atoms with E-state index >= 15 is 0 Å². The number of piperazine rings is 1. The van der Waals surface area contributed by atoms with E-state index in [1.807, 2.05) is 11.9 Å². The Balaban J connectivity index is 2.09. The summed E-state index contributed by atoms with van der Waals surface area (Å²) in [7, 11) is 0. The molecule has 1 saturated heterocycles. The molecule has 0 radical (unpaired) electrons. The van der Waals surface area contributed by atoms with Crippen molar-refractivity contribution in [3.63, 3.8) is 0 Å². The van der Waals surface area contributed by atoms with Crippen LogP contribution in [-0.2, 0) is 0 Å². The van der Waals surface area contributed by atoms with Gasteiger partial charge in [-0.2, -0.15) is 0 Å². The van der Waals surface area contributed by atoms with E-state index < -0.39 is 0 Å². The number of unbranched alkanes of at least 4 members (excludes halogenated alkanes) is 1. The summed E-state index contributed by atoms with van der Waals surface area (Å²) in [4.78, 5) is 2.58. The van der Waals surface area contributed by atoms with Gasteiger partial charge in [-0.05, 0) is 19.2 Å². The van der Waals surface area contributed by atoms with Crippen molar-refractivity contribution in [3.05, 3.63) is 0 Å². The van der Waals surface area contributed by atoms with Crippen LogP contribution in [0.1, 0.15) is 19.8 Å². The fourth-order valence-electron chi connectivity index (χ4n) is 1.52. The van der Waals surface area contributed by atoms with Crippen LogP contribution in [0.3, 0.4) is 0 Å². The molecule has 0 aromatic heterocycles. The molecule has 0 aromatic rings. The Morgan fingerprint density at radius 3 is 2.33 bits per heavy atom. The standard InChI is InChI=1S/C9H20N2S/c1-3-4-5-10-6-8-11(12-2)9-7-10/h3-9H2,1-2H3. The zero-order chi connectivity index (χ0) is 8.81. The lowest BCUT2D eigenvalue weighted by Gasteiger charge is -2.33. The Morgan fingerprint density at radius 1 is 1.17 bits per heavy atom. The van der Waals surface area contributed by atoms with Gasteiger partial charge in [-0.1, -0.05) is 25.3 Å². The van der Waals surface area contributed by atoms with Crippen LogP contribution in [0.25, 0.3) is 0 Å². The van der Waals surface area contributed by atoms with Gasteiger partial charge in [0.15, 0.2) is 0 Å². The summed E-state index contributed by atoms with van der Waals surface area (Å²) in [6.07, 6.45) is 4.85. The quantitative estimate of drug-likeness (QED) is 0.620. The van der Waals surface area contributed by atoms with Gasteiger partial charge >= 0.3 is 0 Å². The normalized spacial score (nSPS) is 21.5. The van der Waals surface area contributed by atoms with Crippen molar-refractivity contribution >= 4 is 11.9 Å². The summed E-state index contributed by atoms with van der Waals surface area (Å²) in [6.45, 7) is 8.58. The van der Waals surface area contributed by atoms with Crippen molar-refractivity contribution in [2.75, 3.05) is 39.0 Å². The molecule has 2 nitrogen and oxygen atoms in total. The van der Waals surface area contributed by atoms with Crippen molar-refractivity contribution < 1.29 is 0 Å². The van der Waals surface area contributed by atoms with Crippen LogP contribution in [0.2, 0.25) is 0 Å². The molecule has 12 heavy (non-hydrogen) atoms. The molecular weight excluding hydrogens is 168 g/mol. The van der Waals surface area contributed by atoms with Gasteiger partial charge in [0.25, 0.3) is 0 Å². The highest BCUT2D eigenvalue weighted by Gasteiger charge is 2.14. The molecule has 0 saturated carbocycles. The number of nitrogens with zero attached hydrogens (tertiary/aromatic N) is 2. The van der Waals surface area contributed by atoms with Crippen LogP contribution < -0.4 is 0 Å². The first-order valence-corrected chi connectivity index (χ1v) is 6.06. The van der Waals surface area contributed by atoms with E-state index in [4.69, 9.17) is 0 Å². The molecule has 0 N–H and O–H groups in total. The highest BCUT2D eigenvalue weighted by molar-refractivity contribution is 7.96. The molecule has 1 aliphatic rings. The van der Waals surface area contributed by atoms with E-state index in [0.717, 1.165) is 0 Å². The monoisotopic (exact) mass is 188 g/mol. The van der Waals surface area contributed by atoms with Crippen molar-refractivity contribution in [3.8, 4) is 0 Å². The molecule has 1 aliphatic heterocycles. The molecule has 0 aromatic carbocycles. The van der Waals surface area contributed by atoms with E-state index in [2.05, 4.69) is 22.4 Å². The first-order chi connectivity index (χ1) is 5.86. The van der Waals surface area contributed by atoms with Crippen LogP contribution in [-0.4, -0.2) is 48.2 Å². The zero-order valence-electron chi connectivity index (χ0n) is 8.25. The second kappa shape index (κ2) is 5.84. The Kier molecular flexibility index (Phi) is 5.04. The summed E-state index contributed by atoms with van der Waals surface area (Å²) in [5.74, 6) is 0. The number of rotatable bonds is 4. The van der Waals surface area contributed by atoms with Crippen LogP contribution in [0, 0.1) is 0 Å². The fraction of sp³-hybridized carbons (Fsp3) is 1.00. The molecule has 0 amide bonds. The maximum absolute atomic E-state index is 2.58. The maximum Gasteiger partial charge on any atom is 0.0218 e. The molecule has 0 atom stereocenters. The molecule has 0 spiro atoms. The molecular formula is C9H20N2S. The van der Waals surface area contributed by atoms with Crippen molar-refractivity contribution in [2.45, 2.75) is 19.8 Å². The highest BCUT2D eigenvalue weighted by Crippen LogP contribution is 2.10. The van der Waals surface area contributed by atoms with E-state index in [1.54, 1.807) is 0 Å². The summed E-state index contributed by atoms with van der Waals surface area (Å²) >= 11 is 1.88. The van der Waals surface area contributed by atoms with Crippen molar-refractivity contribution in [2.24, 2.45) is 0 Å². The lowest BCUT2D eigenvalue weighted by atomic mass is 10.3. The van der Waals surface area contributed by atoms with Gasteiger partial charge in [-0.15, -0.1) is 0 Å². The molecule has 1 rings (SSSR count). The Labute approximate surface area is 80.4 Å². The fourth-order valence-corrected chi connectivity index (χ4v) is 2.05. The minimum Gasteiger partial charge on any atom is -0.301 e. The van der Waals surface area contributed by atoms with Gasteiger partial charge in [0.2, 0.25) is 0 Å². The maximum atomic E-state index is 2.58. The third kappa shape index (κ3) is 3.33. The minimum atomic E-state index is 1.24. The van der Waals surface area contributed by atoms with E-state index in [0.29, 0.717) is 0 Å². The van der Waals surface area contributed by atoms with Crippen LogP contribution in [0.4, 0.5) is 0 Å². The molecule has 0 unspecified atom stereocenters. The lowest BCUT2D eigenvalue weighted by Crippen LogP contribution is -2.43. The highest BCUT2D eigenvalue weighted by atomic mass is 32.2. The number of hydrogen-bond acceptors (Lipinski definition) is 3. The van der Waals surface area contributed by atoms with Crippen LogP contribution in [0.15, 0.2) is 0 Å².